The molecule has 17 nitrogen and oxygen atoms in total. The third kappa shape index (κ3) is 66.5. The van der Waals surface area contributed by atoms with E-state index in [2.05, 4.69) is 34.6 Å². The van der Waals surface area contributed by atoms with E-state index >= 15 is 0 Å². The van der Waals surface area contributed by atoms with Crippen molar-refractivity contribution in [2.45, 2.75) is 393 Å². The molecule has 0 aromatic carbocycles. The van der Waals surface area contributed by atoms with Crippen LogP contribution in [0.15, 0.2) is 0 Å². The van der Waals surface area contributed by atoms with Gasteiger partial charge < -0.3 is 33.8 Å². The molecule has 0 heterocycles. The molecule has 540 valence electrons. The quantitative estimate of drug-likeness (QED) is 0.0222. The summed E-state index contributed by atoms with van der Waals surface area (Å²) in [4.78, 5) is 72.7. The molecule has 0 aromatic heterocycles. The van der Waals surface area contributed by atoms with Crippen molar-refractivity contribution in [3.8, 4) is 0 Å². The normalized spacial score (nSPS) is 14.0. The largest absolute Gasteiger partial charge is 0.472 e. The predicted molar refractivity (Wildman–Crippen MR) is 368 cm³/mol. The predicted octanol–water partition coefficient (Wildman–Crippen LogP) is 20.9. The van der Waals surface area contributed by atoms with Crippen LogP contribution in [0, 0.1) is 5.92 Å². The van der Waals surface area contributed by atoms with Gasteiger partial charge in [0.15, 0.2) is 12.2 Å². The van der Waals surface area contributed by atoms with Gasteiger partial charge in [-0.05, 0) is 31.6 Å². The molecule has 0 fully saturated rings. The fourth-order valence-electron chi connectivity index (χ4n) is 11.0. The number of phosphoric ester groups is 2. The number of rotatable bonds is 72. The second-order valence-electron chi connectivity index (χ2n) is 26.5. The Balaban J connectivity index is 5.26. The van der Waals surface area contributed by atoms with Crippen molar-refractivity contribution >= 4 is 39.5 Å². The molecule has 0 spiro atoms. The summed E-state index contributed by atoms with van der Waals surface area (Å²) in [6, 6.07) is 0. The fourth-order valence-corrected chi connectivity index (χ4v) is 12.6. The van der Waals surface area contributed by atoms with Gasteiger partial charge in [-0.15, -0.1) is 0 Å². The number of ether oxygens (including phenoxy) is 4. The lowest BCUT2D eigenvalue weighted by Crippen LogP contribution is -2.30. The van der Waals surface area contributed by atoms with E-state index < -0.39 is 97.5 Å². The first-order valence-corrected chi connectivity index (χ1v) is 40.6. The summed E-state index contributed by atoms with van der Waals surface area (Å²) < 4.78 is 68.4. The van der Waals surface area contributed by atoms with Crippen molar-refractivity contribution < 1.29 is 80.2 Å². The highest BCUT2D eigenvalue weighted by molar-refractivity contribution is 7.47. The number of carbonyl (C=O) groups excluding carboxylic acids is 4. The monoisotopic (exact) mass is 1340 g/mol. The summed E-state index contributed by atoms with van der Waals surface area (Å²) >= 11 is 0. The van der Waals surface area contributed by atoms with E-state index in [9.17, 15) is 43.2 Å². The fraction of sp³-hybridized carbons (Fsp3) is 0.944. The van der Waals surface area contributed by atoms with Crippen LogP contribution in [0.25, 0.3) is 0 Å². The molecule has 0 bridgehead atoms. The standard InChI is InChI=1S/C72H140O17P2/c1-6-9-12-15-18-21-24-27-30-35-40-45-50-55-69(74)82-61-67(88-71(76)57-52-47-42-36-31-28-25-22-19-16-13-10-7-2)63-86-90(78,79)84-59-66(73)60-85-91(80,81)87-64-68(62-83-70(75)56-51-46-41-38-33-34-39-44-49-54-65(4)5)89-72(77)58-53-48-43-37-32-29-26-23-20-17-14-11-8-3/h65-68,73H,6-64H2,1-5H3,(H,78,79)(H,80,81)/t66-,67-,68-/m1/s1. The van der Waals surface area contributed by atoms with Crippen molar-refractivity contribution in [2.24, 2.45) is 5.92 Å². The van der Waals surface area contributed by atoms with Crippen molar-refractivity contribution in [3.63, 3.8) is 0 Å². The molecule has 0 saturated heterocycles. The first-order chi connectivity index (χ1) is 44.0. The Hall–Kier alpha value is -1.94. The number of hydrogen-bond donors (Lipinski definition) is 3. The molecule has 19 heteroatoms. The Morgan fingerprint density at radius 2 is 0.505 bits per heavy atom. The van der Waals surface area contributed by atoms with E-state index in [0.29, 0.717) is 25.7 Å². The van der Waals surface area contributed by atoms with Crippen LogP contribution in [0.2, 0.25) is 0 Å². The number of hydrogen-bond acceptors (Lipinski definition) is 15. The molecular formula is C72H140O17P2. The van der Waals surface area contributed by atoms with Gasteiger partial charge in [0.1, 0.15) is 19.3 Å². The lowest BCUT2D eigenvalue weighted by atomic mass is 10.0. The molecule has 0 amide bonds. The van der Waals surface area contributed by atoms with E-state index in [0.717, 1.165) is 95.8 Å². The summed E-state index contributed by atoms with van der Waals surface area (Å²) in [5.41, 5.74) is 0. The van der Waals surface area contributed by atoms with E-state index in [-0.39, 0.29) is 25.7 Å². The minimum atomic E-state index is -4.95. The molecule has 0 aromatic rings. The number of aliphatic hydroxyl groups is 1. The van der Waals surface area contributed by atoms with Crippen LogP contribution in [-0.2, 0) is 65.4 Å². The second-order valence-corrected chi connectivity index (χ2v) is 29.4. The zero-order valence-electron chi connectivity index (χ0n) is 59.0. The van der Waals surface area contributed by atoms with Gasteiger partial charge in [0.2, 0.25) is 0 Å². The number of unbranched alkanes of at least 4 members (excludes halogenated alkanes) is 44. The van der Waals surface area contributed by atoms with Crippen LogP contribution in [-0.4, -0.2) is 96.7 Å². The zero-order valence-corrected chi connectivity index (χ0v) is 60.8. The molecule has 0 rings (SSSR count). The second kappa shape index (κ2) is 65.4. The van der Waals surface area contributed by atoms with E-state index in [1.165, 1.54) is 199 Å². The Morgan fingerprint density at radius 1 is 0.297 bits per heavy atom. The van der Waals surface area contributed by atoms with Crippen LogP contribution in [0.4, 0.5) is 0 Å². The maximum atomic E-state index is 13.0. The van der Waals surface area contributed by atoms with Gasteiger partial charge in [0.05, 0.1) is 26.4 Å². The van der Waals surface area contributed by atoms with Gasteiger partial charge in [0, 0.05) is 25.7 Å². The summed E-state index contributed by atoms with van der Waals surface area (Å²) in [5.74, 6) is -1.37. The van der Waals surface area contributed by atoms with E-state index in [1.54, 1.807) is 0 Å². The summed E-state index contributed by atoms with van der Waals surface area (Å²) in [6.45, 7) is 7.25. The van der Waals surface area contributed by atoms with E-state index in [1.807, 2.05) is 0 Å². The minimum absolute atomic E-state index is 0.108. The highest BCUT2D eigenvalue weighted by Gasteiger charge is 2.30. The van der Waals surface area contributed by atoms with Gasteiger partial charge in [-0.2, -0.15) is 0 Å². The average Bonchev–Trinajstić information content (AvgIpc) is 2.69. The molecule has 5 atom stereocenters. The van der Waals surface area contributed by atoms with Gasteiger partial charge in [-0.1, -0.05) is 324 Å². The van der Waals surface area contributed by atoms with Gasteiger partial charge in [-0.25, -0.2) is 9.13 Å². The third-order valence-corrected chi connectivity index (χ3v) is 18.7. The van der Waals surface area contributed by atoms with Crippen LogP contribution in [0.5, 0.6) is 0 Å². The van der Waals surface area contributed by atoms with Crippen molar-refractivity contribution in [1.82, 2.24) is 0 Å². The molecule has 0 saturated carbocycles. The molecule has 2 unspecified atom stereocenters. The molecular weight excluding hydrogens is 1200 g/mol. The lowest BCUT2D eigenvalue weighted by Gasteiger charge is -2.21. The molecule has 91 heavy (non-hydrogen) atoms. The van der Waals surface area contributed by atoms with E-state index in [4.69, 9.17) is 37.0 Å². The maximum absolute atomic E-state index is 13.0. The molecule has 0 aliphatic carbocycles. The number of aliphatic hydroxyl groups excluding tert-OH is 1. The first-order valence-electron chi connectivity index (χ1n) is 37.6. The van der Waals surface area contributed by atoms with Crippen LogP contribution < -0.4 is 0 Å². The third-order valence-electron chi connectivity index (χ3n) is 16.8. The number of carbonyl (C=O) groups is 4. The minimum Gasteiger partial charge on any atom is -0.462 e. The Morgan fingerprint density at radius 3 is 0.747 bits per heavy atom. The summed E-state index contributed by atoms with van der Waals surface area (Å²) in [5, 5.41) is 10.6. The number of phosphoric acid groups is 2. The van der Waals surface area contributed by atoms with Crippen molar-refractivity contribution in [1.29, 1.82) is 0 Å². The van der Waals surface area contributed by atoms with Crippen LogP contribution in [0.1, 0.15) is 375 Å². The molecule has 0 aliphatic rings. The van der Waals surface area contributed by atoms with Gasteiger partial charge >= 0.3 is 39.5 Å². The van der Waals surface area contributed by atoms with Gasteiger partial charge in [-0.3, -0.25) is 37.3 Å². The van der Waals surface area contributed by atoms with Crippen LogP contribution in [0.3, 0.4) is 0 Å². The molecule has 3 N–H and O–H groups in total. The highest BCUT2D eigenvalue weighted by Crippen LogP contribution is 2.45. The van der Waals surface area contributed by atoms with Crippen molar-refractivity contribution in [3.05, 3.63) is 0 Å². The van der Waals surface area contributed by atoms with Crippen LogP contribution >= 0.6 is 15.6 Å². The topological polar surface area (TPSA) is 237 Å². The zero-order chi connectivity index (χ0) is 67.0. The smallest absolute Gasteiger partial charge is 0.462 e. The average molecular weight is 1340 g/mol. The summed E-state index contributed by atoms with van der Waals surface area (Å²) in [6.07, 6.45) is 52.5. The highest BCUT2D eigenvalue weighted by atomic mass is 31.2. The van der Waals surface area contributed by atoms with Gasteiger partial charge in [0.25, 0.3) is 0 Å². The Bertz CT molecular complexity index is 1750. The lowest BCUT2D eigenvalue weighted by molar-refractivity contribution is -0.161. The maximum Gasteiger partial charge on any atom is 0.472 e. The molecule has 0 aliphatic heterocycles. The summed E-state index contributed by atoms with van der Waals surface area (Å²) in [7, 11) is -9.90. The Kier molecular flexibility index (Phi) is 64.0. The van der Waals surface area contributed by atoms with Crippen molar-refractivity contribution in [2.75, 3.05) is 39.6 Å². The SMILES string of the molecule is CCCCCCCCCCCCCCCC(=O)OC[C@H](COP(=O)(O)OC[C@@H](O)COP(=O)(O)OC[C@@H](COC(=O)CCCCCCCCCCCC(C)C)OC(=O)CCCCCCCCCCCCCCC)OC(=O)CCCCCCCCCCCCCCC. The first kappa shape index (κ1) is 89.1. The Labute approximate surface area is 556 Å². The number of esters is 4. The molecule has 0 radical (unpaired) electrons.